The van der Waals surface area contributed by atoms with Gasteiger partial charge in [0.25, 0.3) is 0 Å². The number of aryl methyl sites for hydroxylation is 1. The van der Waals surface area contributed by atoms with Crippen molar-refractivity contribution < 1.29 is 5.11 Å². The largest absolute Gasteiger partial charge is 0.385 e. The smallest absolute Gasteiger partial charge is 0.110 e. The Morgan fingerprint density at radius 1 is 1.24 bits per heavy atom. The average molecular weight is 361 g/mol. The molecule has 0 bridgehead atoms. The average Bonchev–Trinajstić information content (AvgIpc) is 2.89. The Hall–Kier alpha value is -1.34. The standard InChI is InChI=1S/C19H28N4OS/c1-21(2)15-19(24)18-13-16-14-22(9-6-10-23(16)20-18)11-12-25-17-7-4-3-5-8-17/h3-5,7-8,13,19,24H,6,9-12,14-15H2,1-2H3/t19-/m0/s1. The molecule has 1 N–H and O–H groups in total. The van der Waals surface area contributed by atoms with E-state index < -0.39 is 6.10 Å². The molecule has 0 aliphatic carbocycles. The van der Waals surface area contributed by atoms with Crippen molar-refractivity contribution >= 4 is 11.8 Å². The van der Waals surface area contributed by atoms with Gasteiger partial charge in [0.15, 0.2) is 0 Å². The van der Waals surface area contributed by atoms with Crippen LogP contribution < -0.4 is 0 Å². The van der Waals surface area contributed by atoms with Gasteiger partial charge in [0.05, 0.1) is 11.4 Å². The molecule has 1 aromatic carbocycles. The summed E-state index contributed by atoms with van der Waals surface area (Å²) in [5.74, 6) is 1.09. The van der Waals surface area contributed by atoms with Crippen LogP contribution in [0.3, 0.4) is 0 Å². The molecule has 0 spiro atoms. The van der Waals surface area contributed by atoms with Crippen LogP contribution in [0.1, 0.15) is 23.9 Å². The number of hydrogen-bond acceptors (Lipinski definition) is 5. The lowest BCUT2D eigenvalue weighted by Gasteiger charge is -2.19. The molecule has 25 heavy (non-hydrogen) atoms. The molecule has 1 aromatic heterocycles. The maximum atomic E-state index is 10.3. The molecule has 5 nitrogen and oxygen atoms in total. The first-order chi connectivity index (χ1) is 12.1. The second-order valence-electron chi connectivity index (χ2n) is 6.85. The van der Waals surface area contributed by atoms with Crippen LogP contribution >= 0.6 is 11.8 Å². The lowest BCUT2D eigenvalue weighted by atomic mass is 10.2. The molecule has 0 fully saturated rings. The number of nitrogens with zero attached hydrogens (tertiary/aromatic N) is 4. The van der Waals surface area contributed by atoms with Crippen LogP contribution in [-0.2, 0) is 13.1 Å². The number of aromatic nitrogens is 2. The van der Waals surface area contributed by atoms with E-state index in [9.17, 15) is 5.11 Å². The Kier molecular flexibility index (Phi) is 6.53. The minimum absolute atomic E-state index is 0.517. The quantitative estimate of drug-likeness (QED) is 0.769. The van der Waals surface area contributed by atoms with Gasteiger partial charge in [-0.25, -0.2) is 0 Å². The third-order valence-electron chi connectivity index (χ3n) is 4.41. The van der Waals surface area contributed by atoms with Gasteiger partial charge in [0.2, 0.25) is 0 Å². The maximum absolute atomic E-state index is 10.3. The Morgan fingerprint density at radius 2 is 2.04 bits per heavy atom. The number of benzene rings is 1. The zero-order valence-corrected chi connectivity index (χ0v) is 16.0. The number of fused-ring (bicyclic) bond motifs is 1. The summed E-state index contributed by atoms with van der Waals surface area (Å²) in [6.07, 6.45) is 0.588. The molecule has 0 amide bonds. The maximum Gasteiger partial charge on any atom is 0.110 e. The van der Waals surface area contributed by atoms with Crippen molar-refractivity contribution in [2.24, 2.45) is 0 Å². The number of likely N-dealkylation sites (N-methyl/N-ethyl adjacent to an activating group) is 1. The zero-order chi connectivity index (χ0) is 17.6. The normalized spacial score (nSPS) is 16.6. The van der Waals surface area contributed by atoms with Crippen LogP contribution in [0.25, 0.3) is 0 Å². The molecule has 1 atom stereocenters. The van der Waals surface area contributed by atoms with E-state index in [1.54, 1.807) is 0 Å². The van der Waals surface area contributed by atoms with Crippen molar-refractivity contribution in [3.63, 3.8) is 0 Å². The van der Waals surface area contributed by atoms with Gasteiger partial charge in [-0.2, -0.15) is 5.10 Å². The van der Waals surface area contributed by atoms with Crippen molar-refractivity contribution in [1.29, 1.82) is 0 Å². The number of hydrogen-bond donors (Lipinski definition) is 1. The molecule has 0 radical (unpaired) electrons. The summed E-state index contributed by atoms with van der Waals surface area (Å²) in [5.41, 5.74) is 2.01. The first-order valence-corrected chi connectivity index (χ1v) is 9.90. The van der Waals surface area contributed by atoms with Crippen LogP contribution in [0.2, 0.25) is 0 Å². The lowest BCUT2D eigenvalue weighted by molar-refractivity contribution is 0.133. The van der Waals surface area contributed by atoms with E-state index in [-0.39, 0.29) is 0 Å². The highest BCUT2D eigenvalue weighted by atomic mass is 32.2. The van der Waals surface area contributed by atoms with E-state index in [1.165, 1.54) is 10.6 Å². The molecule has 2 aromatic rings. The highest BCUT2D eigenvalue weighted by Crippen LogP contribution is 2.20. The predicted molar refractivity (Wildman–Crippen MR) is 103 cm³/mol. The topological polar surface area (TPSA) is 44.5 Å². The molecule has 6 heteroatoms. The minimum Gasteiger partial charge on any atom is -0.385 e. The molecular formula is C19H28N4OS. The van der Waals surface area contributed by atoms with Crippen molar-refractivity contribution in [1.82, 2.24) is 19.6 Å². The molecule has 3 rings (SSSR count). The summed E-state index contributed by atoms with van der Waals surface area (Å²) in [6, 6.07) is 12.7. The first-order valence-electron chi connectivity index (χ1n) is 8.91. The number of aliphatic hydroxyl groups is 1. The Balaban J connectivity index is 1.56. The highest BCUT2D eigenvalue weighted by molar-refractivity contribution is 7.99. The molecule has 2 heterocycles. The van der Waals surface area contributed by atoms with Gasteiger partial charge in [-0.1, -0.05) is 18.2 Å². The third kappa shape index (κ3) is 5.31. The van der Waals surface area contributed by atoms with Gasteiger partial charge >= 0.3 is 0 Å². The van der Waals surface area contributed by atoms with E-state index in [1.807, 2.05) is 30.8 Å². The van der Waals surface area contributed by atoms with E-state index in [0.29, 0.717) is 6.54 Å². The van der Waals surface area contributed by atoms with E-state index >= 15 is 0 Å². The van der Waals surface area contributed by atoms with Crippen LogP contribution in [0.4, 0.5) is 0 Å². The van der Waals surface area contributed by atoms with Crippen molar-refractivity contribution in [2.75, 3.05) is 39.5 Å². The number of rotatable bonds is 7. The molecule has 0 unspecified atom stereocenters. The van der Waals surface area contributed by atoms with Gasteiger partial charge < -0.3 is 10.0 Å². The van der Waals surface area contributed by atoms with Gasteiger partial charge in [-0.3, -0.25) is 9.58 Å². The molecule has 1 aliphatic heterocycles. The summed E-state index contributed by atoms with van der Waals surface area (Å²) >= 11 is 1.91. The Labute approximate surface area is 154 Å². The summed E-state index contributed by atoms with van der Waals surface area (Å²) in [5, 5.41) is 14.9. The predicted octanol–water partition coefficient (Wildman–Crippen LogP) is 2.48. The summed E-state index contributed by atoms with van der Waals surface area (Å²) in [4.78, 5) is 5.82. The fourth-order valence-corrected chi connectivity index (χ4v) is 4.09. The fourth-order valence-electron chi connectivity index (χ4n) is 3.15. The van der Waals surface area contributed by atoms with Crippen molar-refractivity contribution in [2.45, 2.75) is 30.5 Å². The summed E-state index contributed by atoms with van der Waals surface area (Å²) in [7, 11) is 3.94. The Morgan fingerprint density at radius 3 is 2.80 bits per heavy atom. The van der Waals surface area contributed by atoms with Crippen molar-refractivity contribution in [3.05, 3.63) is 47.8 Å². The van der Waals surface area contributed by atoms with Gasteiger partial charge in [-0.05, 0) is 38.7 Å². The van der Waals surface area contributed by atoms with Crippen LogP contribution in [0.5, 0.6) is 0 Å². The lowest BCUT2D eigenvalue weighted by Crippen LogP contribution is -2.25. The van der Waals surface area contributed by atoms with E-state index in [4.69, 9.17) is 0 Å². The number of aliphatic hydroxyl groups excluding tert-OH is 1. The third-order valence-corrected chi connectivity index (χ3v) is 5.40. The molecule has 0 saturated heterocycles. The second kappa shape index (κ2) is 8.85. The monoisotopic (exact) mass is 360 g/mol. The van der Waals surface area contributed by atoms with Gasteiger partial charge in [-0.15, -0.1) is 11.8 Å². The van der Waals surface area contributed by atoms with Crippen LogP contribution in [-0.4, -0.2) is 64.2 Å². The fraction of sp³-hybridized carbons (Fsp3) is 0.526. The SMILES string of the molecule is CN(C)C[C@H](O)c1cc2n(n1)CCCN(CCSc1ccccc1)C2. The van der Waals surface area contributed by atoms with Gasteiger partial charge in [0.1, 0.15) is 6.10 Å². The van der Waals surface area contributed by atoms with Crippen LogP contribution in [0, 0.1) is 0 Å². The van der Waals surface area contributed by atoms with Crippen LogP contribution in [0.15, 0.2) is 41.3 Å². The van der Waals surface area contributed by atoms with E-state index in [2.05, 4.69) is 51.1 Å². The molecule has 1 aliphatic rings. The van der Waals surface area contributed by atoms with Crippen molar-refractivity contribution in [3.8, 4) is 0 Å². The molecule has 136 valence electrons. The number of thioether (sulfide) groups is 1. The first kappa shape index (κ1) is 18.5. The minimum atomic E-state index is -0.517. The molecule has 0 saturated carbocycles. The van der Waals surface area contributed by atoms with E-state index in [0.717, 1.165) is 44.0 Å². The second-order valence-corrected chi connectivity index (χ2v) is 8.02. The summed E-state index contributed by atoms with van der Waals surface area (Å²) < 4.78 is 2.08. The van der Waals surface area contributed by atoms with Gasteiger partial charge in [0, 0.05) is 43.4 Å². The Bertz CT molecular complexity index is 659. The highest BCUT2D eigenvalue weighted by Gasteiger charge is 2.20. The molecular weight excluding hydrogens is 332 g/mol. The zero-order valence-electron chi connectivity index (χ0n) is 15.1. The summed E-state index contributed by atoms with van der Waals surface area (Å²) in [6.45, 7) is 4.63.